The van der Waals surface area contributed by atoms with Crippen LogP contribution >= 0.6 is 46.2 Å². The Kier molecular flexibility index (Phi) is 9.93. The second-order valence-electron chi connectivity index (χ2n) is 13.8. The molecule has 16 heteroatoms. The number of carbonyl (C=O) groups is 1. The highest BCUT2D eigenvalue weighted by Gasteiger charge is 2.28. The fraction of sp³-hybridized carbons (Fsp3) is 0.308. The molecule has 4 aliphatic rings. The maximum Gasteiger partial charge on any atom is 0.319 e. The van der Waals surface area contributed by atoms with Gasteiger partial charge in [-0.1, -0.05) is 0 Å². The van der Waals surface area contributed by atoms with E-state index in [0.717, 1.165) is 82.6 Å². The van der Waals surface area contributed by atoms with Gasteiger partial charge in [-0.2, -0.15) is 0 Å². The van der Waals surface area contributed by atoms with Crippen molar-refractivity contribution in [1.82, 2.24) is 35.1 Å². The Balaban J connectivity index is 0.000000147. The number of hydrogen-bond acceptors (Lipinski definition) is 14. The van der Waals surface area contributed by atoms with Crippen LogP contribution in [0.4, 0.5) is 27.8 Å². The molecule has 4 aliphatic heterocycles. The number of thiophene rings is 2. The van der Waals surface area contributed by atoms with E-state index in [-0.39, 0.29) is 6.03 Å². The number of fused-ring (bicyclic) bond motifs is 8. The largest absolute Gasteiger partial charge is 0.339 e. The maximum absolute atomic E-state index is 12.4. The third-order valence-electron chi connectivity index (χ3n) is 10.2. The summed E-state index contributed by atoms with van der Waals surface area (Å²) in [5.74, 6) is 1.74. The van der Waals surface area contributed by atoms with E-state index in [0.29, 0.717) is 13.1 Å². The van der Waals surface area contributed by atoms with Crippen molar-refractivity contribution >= 4 is 108 Å². The maximum atomic E-state index is 12.4. The molecule has 0 atom stereocenters. The minimum Gasteiger partial charge on any atom is -0.339 e. The molecular weight excluding hydrogens is 767 g/mol. The Morgan fingerprint density at radius 3 is 1.91 bits per heavy atom. The number of anilines is 4. The zero-order chi connectivity index (χ0) is 37.6. The molecule has 6 aromatic rings. The van der Waals surface area contributed by atoms with Crippen LogP contribution in [0, 0.1) is 0 Å². The average Bonchev–Trinajstić information content (AvgIpc) is 4.01. The summed E-state index contributed by atoms with van der Waals surface area (Å²) in [5.41, 5.74) is 9.69. The number of thioether (sulfide) groups is 2. The second-order valence-corrected chi connectivity index (χ2v) is 17.6. The Labute approximate surface area is 335 Å². The van der Waals surface area contributed by atoms with Crippen molar-refractivity contribution in [2.24, 2.45) is 9.98 Å². The van der Waals surface area contributed by atoms with E-state index in [1.54, 1.807) is 77.8 Å². The van der Waals surface area contributed by atoms with Gasteiger partial charge in [0, 0.05) is 59.2 Å². The molecule has 4 aromatic heterocycles. The van der Waals surface area contributed by atoms with E-state index in [4.69, 9.17) is 0 Å². The van der Waals surface area contributed by atoms with Crippen molar-refractivity contribution in [2.45, 2.75) is 48.8 Å². The van der Waals surface area contributed by atoms with Crippen LogP contribution in [0.15, 0.2) is 56.7 Å². The van der Waals surface area contributed by atoms with Crippen LogP contribution in [0.1, 0.15) is 43.1 Å². The minimum atomic E-state index is 0.0481. The van der Waals surface area contributed by atoms with Crippen LogP contribution < -0.4 is 16.0 Å². The highest BCUT2D eigenvalue weighted by Crippen LogP contribution is 2.41. The Hall–Kier alpha value is -4.61. The normalized spacial score (nSPS) is 15.0. The standard InChI is InChI=1S/C21H22N6OS2.C18H17N5S2/c1-26(2)21(28)27-5-4-14-17(10-27)30-20-18(14)19(23-11-24-20)25-15-6-12-8-22-9-13(12)7-16(15)29-3;1-24-14-5-11-7-20-6-10(11)4-13(14)23-17-16-12-2-3-19-8-15(12)25-18(16)22-9-21-17/h6-8,11H,4-5,9-10H2,1-3H3,(H,23,24,25);4-6,9,19H,2-3,7-8H2,1H3,(H,21,22,23). The van der Waals surface area contributed by atoms with Crippen molar-refractivity contribution in [2.75, 3.05) is 50.3 Å². The lowest BCUT2D eigenvalue weighted by atomic mass is 10.0. The molecule has 0 spiro atoms. The zero-order valence-corrected chi connectivity index (χ0v) is 34.2. The topological polar surface area (TPSA) is 136 Å². The van der Waals surface area contributed by atoms with Crippen molar-refractivity contribution in [1.29, 1.82) is 0 Å². The van der Waals surface area contributed by atoms with E-state index < -0.39 is 0 Å². The van der Waals surface area contributed by atoms with Crippen LogP contribution in [0.3, 0.4) is 0 Å². The van der Waals surface area contributed by atoms with E-state index in [9.17, 15) is 4.79 Å². The average molecular weight is 806 g/mol. The highest BCUT2D eigenvalue weighted by atomic mass is 32.2. The van der Waals surface area contributed by atoms with Gasteiger partial charge in [-0.15, -0.1) is 46.2 Å². The third-order valence-corrected chi connectivity index (χ3v) is 14.0. The van der Waals surface area contributed by atoms with Crippen LogP contribution in [0.5, 0.6) is 0 Å². The molecule has 0 radical (unpaired) electrons. The Morgan fingerprint density at radius 1 is 0.782 bits per heavy atom. The van der Waals surface area contributed by atoms with Crippen molar-refractivity contribution in [3.05, 3.63) is 80.1 Å². The Morgan fingerprint density at radius 2 is 1.35 bits per heavy atom. The first kappa shape index (κ1) is 36.1. The molecule has 55 heavy (non-hydrogen) atoms. The molecule has 0 bridgehead atoms. The molecule has 280 valence electrons. The van der Waals surface area contributed by atoms with Gasteiger partial charge in [0.15, 0.2) is 0 Å². The van der Waals surface area contributed by atoms with Gasteiger partial charge in [0.05, 0.1) is 41.8 Å². The molecule has 2 aromatic carbocycles. The molecule has 12 nitrogen and oxygen atoms in total. The molecule has 0 fully saturated rings. The quantitative estimate of drug-likeness (QED) is 0.143. The van der Waals surface area contributed by atoms with Crippen molar-refractivity contribution in [3.8, 4) is 0 Å². The van der Waals surface area contributed by atoms with Gasteiger partial charge in [0.2, 0.25) is 0 Å². The van der Waals surface area contributed by atoms with Gasteiger partial charge < -0.3 is 25.8 Å². The number of benzene rings is 2. The first-order valence-corrected chi connectivity index (χ1v) is 22.1. The molecule has 2 amide bonds. The third kappa shape index (κ3) is 6.84. The van der Waals surface area contributed by atoms with Crippen LogP contribution in [0.2, 0.25) is 0 Å². The summed E-state index contributed by atoms with van der Waals surface area (Å²) in [6.07, 6.45) is 13.2. The van der Waals surface area contributed by atoms with Crippen molar-refractivity contribution in [3.63, 3.8) is 0 Å². The lowest BCUT2D eigenvalue weighted by Crippen LogP contribution is -2.41. The second kappa shape index (κ2) is 15.1. The number of carbonyl (C=O) groups excluding carboxylic acids is 1. The number of hydrogen-bond donors (Lipinski definition) is 3. The van der Waals surface area contributed by atoms with Crippen LogP contribution in [0.25, 0.3) is 20.4 Å². The molecule has 3 N–H and O–H groups in total. The van der Waals surface area contributed by atoms with Gasteiger partial charge in [-0.25, -0.2) is 24.7 Å². The molecule has 0 saturated heterocycles. The van der Waals surface area contributed by atoms with Gasteiger partial charge in [0.25, 0.3) is 0 Å². The highest BCUT2D eigenvalue weighted by molar-refractivity contribution is 7.99. The van der Waals surface area contributed by atoms with Gasteiger partial charge in [0.1, 0.15) is 34.0 Å². The molecule has 10 rings (SSSR count). The summed E-state index contributed by atoms with van der Waals surface area (Å²) in [7, 11) is 3.59. The number of nitrogens with one attached hydrogen (secondary N) is 3. The smallest absolute Gasteiger partial charge is 0.319 e. The number of aliphatic imine (C=N–C) groups is 2. The number of urea groups is 1. The van der Waals surface area contributed by atoms with Crippen molar-refractivity contribution < 1.29 is 4.79 Å². The van der Waals surface area contributed by atoms with E-state index in [1.807, 2.05) is 17.3 Å². The monoisotopic (exact) mass is 805 g/mol. The van der Waals surface area contributed by atoms with Gasteiger partial charge >= 0.3 is 6.03 Å². The van der Waals surface area contributed by atoms with E-state index in [1.165, 1.54) is 52.7 Å². The molecule has 0 saturated carbocycles. The number of aromatic nitrogens is 4. The predicted molar refractivity (Wildman–Crippen MR) is 229 cm³/mol. The Bertz CT molecular complexity index is 2540. The molecule has 0 aliphatic carbocycles. The first-order valence-electron chi connectivity index (χ1n) is 18.0. The predicted octanol–water partition coefficient (Wildman–Crippen LogP) is 7.86. The number of rotatable bonds is 6. The summed E-state index contributed by atoms with van der Waals surface area (Å²) >= 11 is 6.90. The summed E-state index contributed by atoms with van der Waals surface area (Å²) < 4.78 is 0. The fourth-order valence-corrected chi connectivity index (χ4v) is 11.0. The number of nitrogens with zero attached hydrogens (tertiary/aromatic N) is 8. The molecule has 0 unspecified atom stereocenters. The fourth-order valence-electron chi connectivity index (χ4n) is 7.49. The number of amides is 2. The summed E-state index contributed by atoms with van der Waals surface area (Å²) in [6.45, 7) is 4.81. The van der Waals surface area contributed by atoms with Crippen LogP contribution in [-0.4, -0.2) is 87.9 Å². The van der Waals surface area contributed by atoms with Gasteiger partial charge in [-0.3, -0.25) is 9.98 Å². The summed E-state index contributed by atoms with van der Waals surface area (Å²) in [4.78, 5) is 49.9. The SMILES string of the molecule is CSc1cc2c(cc1Nc1ncnc3sc4c(c13)CCN(C(=O)N(C)C)C4)C=NC2.CSc1cc2c(cc1Nc1ncnc3sc4c(c13)CCNC4)C=NC2. The van der Waals surface area contributed by atoms with E-state index in [2.05, 4.69) is 82.6 Å². The van der Waals surface area contributed by atoms with Gasteiger partial charge in [-0.05, 0) is 89.5 Å². The molecular formula is C39H39N11OS4. The minimum absolute atomic E-state index is 0.0481. The lowest BCUT2D eigenvalue weighted by molar-refractivity contribution is 0.166. The summed E-state index contributed by atoms with van der Waals surface area (Å²) in [6, 6.07) is 8.84. The molecule has 8 heterocycles. The summed E-state index contributed by atoms with van der Waals surface area (Å²) in [5, 5.41) is 12.9. The lowest BCUT2D eigenvalue weighted by Gasteiger charge is -2.29. The first-order chi connectivity index (χ1) is 26.9. The van der Waals surface area contributed by atoms with Crippen LogP contribution in [-0.2, 0) is 39.0 Å². The van der Waals surface area contributed by atoms with E-state index >= 15 is 0 Å². The zero-order valence-electron chi connectivity index (χ0n) is 30.9.